The summed E-state index contributed by atoms with van der Waals surface area (Å²) in [6.45, 7) is 1.20. The lowest BCUT2D eigenvalue weighted by Crippen LogP contribution is -2.14. The van der Waals surface area contributed by atoms with Crippen LogP contribution in [-0.4, -0.2) is 33.6 Å². The Kier molecular flexibility index (Phi) is 4.47. The van der Waals surface area contributed by atoms with Crippen LogP contribution in [0.5, 0.6) is 5.88 Å². The first-order valence-corrected chi connectivity index (χ1v) is 8.86. The highest BCUT2D eigenvalue weighted by atomic mass is 16.5. The van der Waals surface area contributed by atoms with Gasteiger partial charge in [0.15, 0.2) is 0 Å². The van der Waals surface area contributed by atoms with E-state index >= 15 is 0 Å². The zero-order valence-electron chi connectivity index (χ0n) is 15.0. The Hall–Kier alpha value is -3.40. The zero-order valence-corrected chi connectivity index (χ0v) is 15.0. The number of aryl methyl sites for hydroxylation is 1. The van der Waals surface area contributed by atoms with Gasteiger partial charge in [-0.05, 0) is 30.5 Å². The molecule has 1 aliphatic heterocycles. The smallest absolute Gasteiger partial charge is 0.240 e. The van der Waals surface area contributed by atoms with Gasteiger partial charge >= 0.3 is 0 Å². The maximum Gasteiger partial charge on any atom is 0.240 e. The van der Waals surface area contributed by atoms with E-state index in [1.54, 1.807) is 18.5 Å². The van der Waals surface area contributed by atoms with Gasteiger partial charge < -0.3 is 14.6 Å². The Bertz CT molecular complexity index is 1030. The van der Waals surface area contributed by atoms with Crippen LogP contribution in [0, 0.1) is 17.2 Å². The second-order valence-corrected chi connectivity index (χ2v) is 6.74. The molecule has 1 saturated heterocycles. The zero-order chi connectivity index (χ0) is 18.8. The van der Waals surface area contributed by atoms with E-state index < -0.39 is 0 Å². The number of ether oxygens (including phenoxy) is 1. The lowest BCUT2D eigenvalue weighted by atomic mass is 10.1. The van der Waals surface area contributed by atoms with E-state index in [-0.39, 0.29) is 5.91 Å². The summed E-state index contributed by atoms with van der Waals surface area (Å²) in [6, 6.07) is 11.3. The van der Waals surface area contributed by atoms with Gasteiger partial charge in [0, 0.05) is 25.6 Å². The van der Waals surface area contributed by atoms with Gasteiger partial charge in [0.25, 0.3) is 0 Å². The number of nitrogens with zero attached hydrogens (tertiary/aromatic N) is 4. The first-order chi connectivity index (χ1) is 13.1. The van der Waals surface area contributed by atoms with Crippen LogP contribution in [0.2, 0.25) is 0 Å². The maximum atomic E-state index is 11.3. The molecular weight excluding hydrogens is 342 g/mol. The van der Waals surface area contributed by atoms with E-state index in [2.05, 4.69) is 16.4 Å². The van der Waals surface area contributed by atoms with Gasteiger partial charge in [-0.3, -0.25) is 4.79 Å². The second-order valence-electron chi connectivity index (χ2n) is 6.74. The highest BCUT2D eigenvalue weighted by Crippen LogP contribution is 2.29. The molecule has 0 spiro atoms. The number of fused-ring (bicyclic) bond motifs is 1. The number of amides is 1. The molecule has 1 aliphatic rings. The van der Waals surface area contributed by atoms with Crippen LogP contribution in [0.15, 0.2) is 36.7 Å². The molecule has 27 heavy (non-hydrogen) atoms. The quantitative estimate of drug-likeness (QED) is 0.753. The Morgan fingerprint density at radius 2 is 2.19 bits per heavy atom. The largest absolute Gasteiger partial charge is 0.476 e. The number of carbonyl (C=O) groups is 1. The summed E-state index contributed by atoms with van der Waals surface area (Å²) in [5.41, 5.74) is 3.90. The number of imidazole rings is 1. The molecule has 3 aromatic rings. The lowest BCUT2D eigenvalue weighted by Gasteiger charge is -2.12. The van der Waals surface area contributed by atoms with Crippen LogP contribution in [-0.2, 0) is 11.8 Å². The fraction of sp³-hybridized carbons (Fsp3) is 0.300. The van der Waals surface area contributed by atoms with E-state index in [1.165, 1.54) is 0 Å². The summed E-state index contributed by atoms with van der Waals surface area (Å²) in [4.78, 5) is 20.4. The van der Waals surface area contributed by atoms with Crippen molar-refractivity contribution in [1.82, 2.24) is 19.9 Å². The molecule has 136 valence electrons. The van der Waals surface area contributed by atoms with Crippen molar-refractivity contribution < 1.29 is 9.53 Å². The van der Waals surface area contributed by atoms with Gasteiger partial charge in [0.05, 0.1) is 35.8 Å². The summed E-state index contributed by atoms with van der Waals surface area (Å²) in [7, 11) is 1.91. The van der Waals surface area contributed by atoms with E-state index in [9.17, 15) is 4.79 Å². The molecule has 0 radical (unpaired) electrons. The number of benzene rings is 1. The Labute approximate surface area is 156 Å². The lowest BCUT2D eigenvalue weighted by molar-refractivity contribution is -0.119. The summed E-state index contributed by atoms with van der Waals surface area (Å²) in [5, 5.41) is 11.8. The van der Waals surface area contributed by atoms with Gasteiger partial charge in [-0.15, -0.1) is 0 Å². The number of nitrogens with one attached hydrogen (secondary N) is 1. The number of rotatable bonds is 5. The minimum Gasteiger partial charge on any atom is -0.476 e. The SMILES string of the molecule is Cn1cnc2cc(-c3ccc(C#N)cc3)nc(OCC[C@H]3CNC(=O)C3)c21. The standard InChI is InChI=1S/C20H19N5O2/c1-25-12-23-17-9-16(15-4-2-13(10-21)3-5-15)24-20(19(17)25)27-7-6-14-8-18(26)22-11-14/h2-5,9,12,14H,6-8,11H2,1H3,(H,22,26)/t14-/m1/s1. The summed E-state index contributed by atoms with van der Waals surface area (Å²) in [6.07, 6.45) is 3.09. The molecule has 1 fully saturated rings. The van der Waals surface area contributed by atoms with Gasteiger partial charge in [-0.25, -0.2) is 9.97 Å². The third-order valence-electron chi connectivity index (χ3n) is 4.80. The Morgan fingerprint density at radius 3 is 2.89 bits per heavy atom. The van der Waals surface area contributed by atoms with Crippen LogP contribution < -0.4 is 10.1 Å². The van der Waals surface area contributed by atoms with Gasteiger partial charge in [-0.1, -0.05) is 12.1 Å². The van der Waals surface area contributed by atoms with Crippen LogP contribution in [0.1, 0.15) is 18.4 Å². The average Bonchev–Trinajstić information content (AvgIpc) is 3.27. The summed E-state index contributed by atoms with van der Waals surface area (Å²) < 4.78 is 7.89. The molecule has 0 aliphatic carbocycles. The van der Waals surface area contributed by atoms with Crippen molar-refractivity contribution in [2.45, 2.75) is 12.8 Å². The summed E-state index contributed by atoms with van der Waals surface area (Å²) in [5.74, 6) is 0.945. The molecule has 7 nitrogen and oxygen atoms in total. The van der Waals surface area contributed by atoms with Gasteiger partial charge in [-0.2, -0.15) is 5.26 Å². The maximum absolute atomic E-state index is 11.3. The van der Waals surface area contributed by atoms with E-state index in [0.29, 0.717) is 36.9 Å². The molecule has 0 unspecified atom stereocenters. The van der Waals surface area contributed by atoms with Crippen LogP contribution in [0.3, 0.4) is 0 Å². The molecule has 4 rings (SSSR count). The topological polar surface area (TPSA) is 92.8 Å². The molecule has 1 N–H and O–H groups in total. The average molecular weight is 361 g/mol. The summed E-state index contributed by atoms with van der Waals surface area (Å²) >= 11 is 0. The third kappa shape index (κ3) is 3.47. The van der Waals surface area contributed by atoms with Crippen LogP contribution >= 0.6 is 0 Å². The number of pyridine rings is 1. The molecule has 1 aromatic carbocycles. The van der Waals surface area contributed by atoms with E-state index in [1.807, 2.05) is 29.8 Å². The fourth-order valence-electron chi connectivity index (χ4n) is 3.29. The number of hydrogen-bond acceptors (Lipinski definition) is 5. The van der Waals surface area contributed by atoms with Crippen molar-refractivity contribution in [3.63, 3.8) is 0 Å². The third-order valence-corrected chi connectivity index (χ3v) is 4.80. The molecule has 1 amide bonds. The van der Waals surface area contributed by atoms with Gasteiger partial charge in [0.1, 0.15) is 5.52 Å². The number of nitriles is 1. The van der Waals surface area contributed by atoms with Crippen molar-refractivity contribution >= 4 is 16.9 Å². The first kappa shape index (κ1) is 17.0. The van der Waals surface area contributed by atoms with Crippen molar-refractivity contribution in [2.24, 2.45) is 13.0 Å². The molecule has 0 saturated carbocycles. The number of carbonyl (C=O) groups excluding carboxylic acids is 1. The van der Waals surface area contributed by atoms with Crippen molar-refractivity contribution in [2.75, 3.05) is 13.2 Å². The molecule has 7 heteroatoms. The van der Waals surface area contributed by atoms with Crippen molar-refractivity contribution in [1.29, 1.82) is 5.26 Å². The predicted octanol–water partition coefficient (Wildman–Crippen LogP) is 2.41. The first-order valence-electron chi connectivity index (χ1n) is 8.86. The molecule has 0 bridgehead atoms. The fourth-order valence-corrected chi connectivity index (χ4v) is 3.29. The minimum atomic E-state index is 0.106. The van der Waals surface area contributed by atoms with Crippen molar-refractivity contribution in [3.05, 3.63) is 42.2 Å². The molecule has 2 aromatic heterocycles. The molecular formula is C20H19N5O2. The normalized spacial score (nSPS) is 16.3. The van der Waals surface area contributed by atoms with Crippen molar-refractivity contribution in [3.8, 4) is 23.2 Å². The Balaban J connectivity index is 1.60. The second kappa shape index (κ2) is 7.08. The van der Waals surface area contributed by atoms with Gasteiger partial charge in [0.2, 0.25) is 11.8 Å². The van der Waals surface area contributed by atoms with E-state index in [0.717, 1.165) is 28.7 Å². The van der Waals surface area contributed by atoms with E-state index in [4.69, 9.17) is 15.0 Å². The highest BCUT2D eigenvalue weighted by Gasteiger charge is 2.21. The Morgan fingerprint density at radius 1 is 1.37 bits per heavy atom. The van der Waals surface area contributed by atoms with Crippen LogP contribution in [0.25, 0.3) is 22.3 Å². The predicted molar refractivity (Wildman–Crippen MR) is 99.9 cm³/mol. The number of hydrogen-bond donors (Lipinski definition) is 1. The molecule has 1 atom stereocenters. The minimum absolute atomic E-state index is 0.106. The van der Waals surface area contributed by atoms with Crippen LogP contribution in [0.4, 0.5) is 0 Å². The monoisotopic (exact) mass is 361 g/mol. The molecule has 3 heterocycles. The highest BCUT2D eigenvalue weighted by molar-refractivity contribution is 5.84. The number of aromatic nitrogens is 3.